The van der Waals surface area contributed by atoms with Gasteiger partial charge in [0.1, 0.15) is 0 Å². The quantitative estimate of drug-likeness (QED) is 0.890. The molecule has 1 aromatic heterocycles. The molecule has 0 aliphatic rings. The van der Waals surface area contributed by atoms with Crippen molar-refractivity contribution in [1.82, 2.24) is 4.98 Å². The van der Waals surface area contributed by atoms with Gasteiger partial charge in [0.05, 0.1) is 11.4 Å². The molecule has 1 aromatic carbocycles. The Labute approximate surface area is 113 Å². The van der Waals surface area contributed by atoms with E-state index >= 15 is 0 Å². The van der Waals surface area contributed by atoms with Crippen LogP contribution in [0.1, 0.15) is 32.9 Å². The number of carbonyl (C=O) groups is 1. The molecule has 0 saturated carbocycles. The minimum Gasteiger partial charge on any atom is -0.320 e. The third-order valence-corrected chi connectivity index (χ3v) is 3.08. The van der Waals surface area contributed by atoms with Crippen LogP contribution in [0.2, 0.25) is 0 Å². The number of rotatable bonds is 2. The fourth-order valence-corrected chi connectivity index (χ4v) is 2.10. The van der Waals surface area contributed by atoms with Crippen LogP contribution in [0, 0.1) is 27.7 Å². The van der Waals surface area contributed by atoms with E-state index in [-0.39, 0.29) is 5.91 Å². The van der Waals surface area contributed by atoms with Gasteiger partial charge in [-0.05, 0) is 51.5 Å². The summed E-state index contributed by atoms with van der Waals surface area (Å²) in [5.74, 6) is -0.100. The first-order chi connectivity index (χ1) is 8.97. The fourth-order valence-electron chi connectivity index (χ4n) is 2.10. The average molecular weight is 254 g/mol. The maximum absolute atomic E-state index is 12.2. The lowest BCUT2D eigenvalue weighted by Crippen LogP contribution is -2.14. The van der Waals surface area contributed by atoms with Gasteiger partial charge in [0, 0.05) is 11.3 Å². The molecule has 3 heteroatoms. The summed E-state index contributed by atoms with van der Waals surface area (Å²) in [6.45, 7) is 7.84. The maximum Gasteiger partial charge on any atom is 0.255 e. The first-order valence-electron chi connectivity index (χ1n) is 6.30. The second kappa shape index (κ2) is 5.22. The molecule has 0 unspecified atom stereocenters. The van der Waals surface area contributed by atoms with Crippen molar-refractivity contribution >= 4 is 11.6 Å². The number of anilines is 1. The molecule has 0 spiro atoms. The fraction of sp³-hybridized carbons (Fsp3) is 0.250. The lowest BCUT2D eigenvalue weighted by Gasteiger charge is -2.12. The van der Waals surface area contributed by atoms with E-state index in [0.717, 1.165) is 28.2 Å². The van der Waals surface area contributed by atoms with E-state index in [1.807, 2.05) is 58.0 Å². The number of benzene rings is 1. The molecule has 2 aromatic rings. The van der Waals surface area contributed by atoms with E-state index in [4.69, 9.17) is 0 Å². The summed E-state index contributed by atoms with van der Waals surface area (Å²) in [4.78, 5) is 16.6. The average Bonchev–Trinajstić information content (AvgIpc) is 2.34. The highest BCUT2D eigenvalue weighted by molar-refractivity contribution is 6.04. The van der Waals surface area contributed by atoms with Gasteiger partial charge in [-0.15, -0.1) is 0 Å². The number of hydrogen-bond donors (Lipinski definition) is 1. The lowest BCUT2D eigenvalue weighted by molar-refractivity contribution is 0.102. The topological polar surface area (TPSA) is 42.0 Å². The smallest absolute Gasteiger partial charge is 0.255 e. The molecular weight excluding hydrogens is 236 g/mol. The van der Waals surface area contributed by atoms with Crippen molar-refractivity contribution in [3.8, 4) is 0 Å². The minimum absolute atomic E-state index is 0.100. The standard InChI is InChI=1S/C16H18N2O/c1-10-5-7-14(8-6-10)16(19)18-15-11(2)9-12(3)17-13(15)4/h5-9H,1-4H3,(H,18,19). The molecular formula is C16H18N2O. The van der Waals surface area contributed by atoms with Gasteiger partial charge >= 0.3 is 0 Å². The second-order valence-corrected chi connectivity index (χ2v) is 4.86. The minimum atomic E-state index is -0.100. The van der Waals surface area contributed by atoms with Crippen molar-refractivity contribution in [3.05, 3.63) is 58.4 Å². The Hall–Kier alpha value is -2.16. The summed E-state index contributed by atoms with van der Waals surface area (Å²) in [5.41, 5.74) is 5.44. The van der Waals surface area contributed by atoms with Gasteiger partial charge in [-0.25, -0.2) is 0 Å². The molecule has 2 rings (SSSR count). The van der Waals surface area contributed by atoms with E-state index in [1.165, 1.54) is 0 Å². The molecule has 0 saturated heterocycles. The number of pyridine rings is 1. The highest BCUT2D eigenvalue weighted by atomic mass is 16.1. The number of aromatic nitrogens is 1. The Balaban J connectivity index is 2.26. The van der Waals surface area contributed by atoms with E-state index in [9.17, 15) is 4.79 Å². The number of nitrogens with one attached hydrogen (secondary N) is 1. The number of amides is 1. The van der Waals surface area contributed by atoms with Crippen LogP contribution in [0.5, 0.6) is 0 Å². The normalized spacial score (nSPS) is 10.3. The van der Waals surface area contributed by atoms with Crippen LogP contribution in [-0.4, -0.2) is 10.9 Å². The van der Waals surface area contributed by atoms with Crippen molar-refractivity contribution in [1.29, 1.82) is 0 Å². The lowest BCUT2D eigenvalue weighted by atomic mass is 10.1. The summed E-state index contributed by atoms with van der Waals surface area (Å²) in [6.07, 6.45) is 0. The zero-order valence-electron chi connectivity index (χ0n) is 11.7. The van der Waals surface area contributed by atoms with Crippen LogP contribution in [0.15, 0.2) is 30.3 Å². The number of aryl methyl sites for hydroxylation is 4. The van der Waals surface area contributed by atoms with E-state index in [1.54, 1.807) is 0 Å². The molecule has 0 radical (unpaired) electrons. The van der Waals surface area contributed by atoms with E-state index < -0.39 is 0 Å². The van der Waals surface area contributed by atoms with Gasteiger partial charge in [0.15, 0.2) is 0 Å². The number of nitrogens with zero attached hydrogens (tertiary/aromatic N) is 1. The molecule has 0 fully saturated rings. The molecule has 19 heavy (non-hydrogen) atoms. The van der Waals surface area contributed by atoms with Gasteiger partial charge in [-0.1, -0.05) is 17.7 Å². The van der Waals surface area contributed by atoms with E-state index in [0.29, 0.717) is 5.56 Å². The Kier molecular flexibility index (Phi) is 3.65. The zero-order valence-corrected chi connectivity index (χ0v) is 11.7. The Morgan fingerprint density at radius 3 is 2.26 bits per heavy atom. The van der Waals surface area contributed by atoms with Gasteiger partial charge in [-0.3, -0.25) is 9.78 Å². The zero-order chi connectivity index (χ0) is 14.0. The number of hydrogen-bond acceptors (Lipinski definition) is 2. The highest BCUT2D eigenvalue weighted by Gasteiger charge is 2.10. The van der Waals surface area contributed by atoms with Crippen LogP contribution in [0.3, 0.4) is 0 Å². The van der Waals surface area contributed by atoms with Crippen LogP contribution >= 0.6 is 0 Å². The Morgan fingerprint density at radius 1 is 1.05 bits per heavy atom. The summed E-state index contributed by atoms with van der Waals surface area (Å²) < 4.78 is 0. The molecule has 1 amide bonds. The molecule has 1 heterocycles. The van der Waals surface area contributed by atoms with Crippen LogP contribution in [-0.2, 0) is 0 Å². The number of carbonyl (C=O) groups excluding carboxylic acids is 1. The molecule has 0 aliphatic carbocycles. The molecule has 1 N–H and O–H groups in total. The summed E-state index contributed by atoms with van der Waals surface area (Å²) in [6, 6.07) is 9.50. The third kappa shape index (κ3) is 2.99. The van der Waals surface area contributed by atoms with Crippen molar-refractivity contribution in [2.24, 2.45) is 0 Å². The van der Waals surface area contributed by atoms with Crippen LogP contribution in [0.25, 0.3) is 0 Å². The molecule has 3 nitrogen and oxygen atoms in total. The highest BCUT2D eigenvalue weighted by Crippen LogP contribution is 2.20. The molecule has 0 aliphatic heterocycles. The SMILES string of the molecule is Cc1ccc(C(=O)Nc2c(C)cc(C)nc2C)cc1. The van der Waals surface area contributed by atoms with Crippen LogP contribution in [0.4, 0.5) is 5.69 Å². The predicted octanol–water partition coefficient (Wildman–Crippen LogP) is 3.57. The van der Waals surface area contributed by atoms with Crippen molar-refractivity contribution < 1.29 is 4.79 Å². The monoisotopic (exact) mass is 254 g/mol. The largest absolute Gasteiger partial charge is 0.320 e. The second-order valence-electron chi connectivity index (χ2n) is 4.86. The summed E-state index contributed by atoms with van der Waals surface area (Å²) >= 11 is 0. The third-order valence-electron chi connectivity index (χ3n) is 3.08. The predicted molar refractivity (Wildman–Crippen MR) is 77.6 cm³/mol. The first-order valence-corrected chi connectivity index (χ1v) is 6.30. The van der Waals surface area contributed by atoms with Gasteiger partial charge in [0.2, 0.25) is 0 Å². The van der Waals surface area contributed by atoms with Gasteiger partial charge in [-0.2, -0.15) is 0 Å². The molecule has 0 atom stereocenters. The molecule has 0 bridgehead atoms. The van der Waals surface area contributed by atoms with Crippen molar-refractivity contribution in [3.63, 3.8) is 0 Å². The van der Waals surface area contributed by atoms with Crippen molar-refractivity contribution in [2.45, 2.75) is 27.7 Å². The van der Waals surface area contributed by atoms with Gasteiger partial charge < -0.3 is 5.32 Å². The molecule has 98 valence electrons. The Morgan fingerprint density at radius 2 is 1.68 bits per heavy atom. The van der Waals surface area contributed by atoms with Gasteiger partial charge in [0.25, 0.3) is 5.91 Å². The summed E-state index contributed by atoms with van der Waals surface area (Å²) in [5, 5.41) is 2.94. The van der Waals surface area contributed by atoms with Crippen LogP contribution < -0.4 is 5.32 Å². The summed E-state index contributed by atoms with van der Waals surface area (Å²) in [7, 11) is 0. The first kappa shape index (κ1) is 13.3. The van der Waals surface area contributed by atoms with E-state index in [2.05, 4.69) is 10.3 Å². The Bertz CT molecular complexity index is 592. The maximum atomic E-state index is 12.2. The van der Waals surface area contributed by atoms with Crippen molar-refractivity contribution in [2.75, 3.05) is 5.32 Å².